The van der Waals surface area contributed by atoms with E-state index >= 15 is 0 Å². The molecule has 0 radical (unpaired) electrons. The summed E-state index contributed by atoms with van der Waals surface area (Å²) in [4.78, 5) is 13.0. The first-order valence-corrected chi connectivity index (χ1v) is 6.31. The highest BCUT2D eigenvalue weighted by Gasteiger charge is 2.19. The van der Waals surface area contributed by atoms with Crippen molar-refractivity contribution in [3.05, 3.63) is 35.1 Å². The first-order valence-electron chi connectivity index (χ1n) is 6.31. The third-order valence-corrected chi connectivity index (χ3v) is 3.42. The molecule has 1 aromatic rings. The molecule has 19 heavy (non-hydrogen) atoms. The summed E-state index contributed by atoms with van der Waals surface area (Å²) < 4.78 is 13.7. The molecule has 2 atom stereocenters. The van der Waals surface area contributed by atoms with E-state index in [0.717, 1.165) is 5.56 Å². The van der Waals surface area contributed by atoms with Crippen LogP contribution in [0.1, 0.15) is 22.8 Å². The molecular weight excluding hydrogens is 245 g/mol. The van der Waals surface area contributed by atoms with Gasteiger partial charge >= 0.3 is 0 Å². The summed E-state index contributed by atoms with van der Waals surface area (Å²) in [5.41, 5.74) is 11.6. The molecule has 0 spiro atoms. The van der Waals surface area contributed by atoms with Crippen molar-refractivity contribution in [1.29, 1.82) is 0 Å². The molecule has 0 aliphatic rings. The number of nitrogens with zero attached hydrogens (tertiary/aromatic N) is 1. The van der Waals surface area contributed by atoms with Gasteiger partial charge < -0.3 is 16.4 Å². The lowest BCUT2D eigenvalue weighted by Gasteiger charge is -2.29. The zero-order valence-corrected chi connectivity index (χ0v) is 11.7. The van der Waals surface area contributed by atoms with E-state index in [1.54, 1.807) is 6.07 Å². The van der Waals surface area contributed by atoms with Crippen molar-refractivity contribution in [3.63, 3.8) is 0 Å². The maximum Gasteiger partial charge on any atom is 0.251 e. The van der Waals surface area contributed by atoms with Crippen molar-refractivity contribution in [2.24, 2.45) is 17.4 Å². The molecule has 4 nitrogen and oxygen atoms in total. The van der Waals surface area contributed by atoms with E-state index < -0.39 is 11.7 Å². The van der Waals surface area contributed by atoms with Crippen LogP contribution < -0.4 is 11.5 Å². The second-order valence-electron chi connectivity index (χ2n) is 5.13. The fourth-order valence-corrected chi connectivity index (χ4v) is 2.35. The number of amides is 1. The number of rotatable bonds is 6. The Morgan fingerprint density at radius 1 is 1.42 bits per heavy atom. The maximum atomic E-state index is 13.7. The molecule has 0 fully saturated rings. The molecule has 4 N–H and O–H groups in total. The minimum atomic E-state index is -0.745. The number of carbonyl (C=O) groups is 1. The predicted molar refractivity (Wildman–Crippen MR) is 74.3 cm³/mol. The molecule has 1 unspecified atom stereocenters. The summed E-state index contributed by atoms with van der Waals surface area (Å²) >= 11 is 0. The van der Waals surface area contributed by atoms with Gasteiger partial charge in [0, 0.05) is 12.6 Å². The fourth-order valence-electron chi connectivity index (χ4n) is 2.35. The van der Waals surface area contributed by atoms with Crippen molar-refractivity contribution in [2.45, 2.75) is 19.4 Å². The lowest BCUT2D eigenvalue weighted by molar-refractivity contribution is 0.0996. The zero-order chi connectivity index (χ0) is 14.6. The molecule has 0 saturated carbocycles. The topological polar surface area (TPSA) is 72.3 Å². The number of carbonyl (C=O) groups excluding carboxylic acids is 1. The molecule has 1 aromatic carbocycles. The Morgan fingerprint density at radius 2 is 2.05 bits per heavy atom. The Morgan fingerprint density at radius 3 is 2.47 bits per heavy atom. The standard InChI is InChI=1S/C14H22FN3O/c1-9(13(8-16)18(2)3)6-10-4-5-11(14(17)19)12(15)7-10/h4-5,7,9,13H,6,8,16H2,1-3H3,(H2,17,19)/t9?,13-/m1/s1. The van der Waals surface area contributed by atoms with Gasteiger partial charge in [0.25, 0.3) is 5.91 Å². The quantitative estimate of drug-likeness (QED) is 0.807. The van der Waals surface area contributed by atoms with E-state index in [1.807, 2.05) is 14.1 Å². The van der Waals surface area contributed by atoms with Crippen LogP contribution in [-0.4, -0.2) is 37.5 Å². The highest BCUT2D eigenvalue weighted by atomic mass is 19.1. The molecule has 1 rings (SSSR count). The van der Waals surface area contributed by atoms with Crippen LogP contribution in [0.25, 0.3) is 0 Å². The second-order valence-corrected chi connectivity index (χ2v) is 5.13. The zero-order valence-electron chi connectivity index (χ0n) is 11.7. The SMILES string of the molecule is CC(Cc1ccc(C(N)=O)c(F)c1)[C@@H](CN)N(C)C. The van der Waals surface area contributed by atoms with Gasteiger partial charge in [0.1, 0.15) is 5.82 Å². The van der Waals surface area contributed by atoms with Crippen molar-refractivity contribution in [2.75, 3.05) is 20.6 Å². The van der Waals surface area contributed by atoms with Crippen LogP contribution >= 0.6 is 0 Å². The average Bonchev–Trinajstić information content (AvgIpc) is 2.28. The smallest absolute Gasteiger partial charge is 0.251 e. The lowest BCUT2D eigenvalue weighted by Crippen LogP contribution is -2.41. The van der Waals surface area contributed by atoms with Crippen LogP contribution in [-0.2, 0) is 6.42 Å². The van der Waals surface area contributed by atoms with E-state index in [2.05, 4.69) is 11.8 Å². The summed E-state index contributed by atoms with van der Waals surface area (Å²) in [6.45, 7) is 2.63. The molecule has 5 heteroatoms. The Balaban J connectivity index is 2.83. The molecule has 0 bridgehead atoms. The highest BCUT2D eigenvalue weighted by molar-refractivity contribution is 5.93. The number of nitrogens with two attached hydrogens (primary N) is 2. The van der Waals surface area contributed by atoms with E-state index in [9.17, 15) is 9.18 Å². The third-order valence-electron chi connectivity index (χ3n) is 3.42. The minimum absolute atomic E-state index is 0.0700. The molecule has 0 saturated heterocycles. The fraction of sp³-hybridized carbons (Fsp3) is 0.500. The third kappa shape index (κ3) is 4.01. The monoisotopic (exact) mass is 267 g/mol. The molecule has 1 amide bonds. The molecule has 0 aliphatic carbocycles. The highest BCUT2D eigenvalue weighted by Crippen LogP contribution is 2.17. The van der Waals surface area contributed by atoms with Crippen LogP contribution in [0, 0.1) is 11.7 Å². The van der Waals surface area contributed by atoms with E-state index in [4.69, 9.17) is 11.5 Å². The first-order chi connectivity index (χ1) is 8.86. The van der Waals surface area contributed by atoms with Gasteiger partial charge in [-0.15, -0.1) is 0 Å². The van der Waals surface area contributed by atoms with Crippen LogP contribution in [0.3, 0.4) is 0 Å². The Bertz CT molecular complexity index is 448. The number of hydrogen-bond donors (Lipinski definition) is 2. The molecule has 0 aliphatic heterocycles. The van der Waals surface area contributed by atoms with Crippen molar-refractivity contribution in [3.8, 4) is 0 Å². The van der Waals surface area contributed by atoms with Crippen molar-refractivity contribution in [1.82, 2.24) is 4.90 Å². The second kappa shape index (κ2) is 6.63. The summed E-state index contributed by atoms with van der Waals surface area (Å²) in [5.74, 6) is -1.02. The van der Waals surface area contributed by atoms with Gasteiger partial charge in [0.15, 0.2) is 0 Å². The molecular formula is C14H22FN3O. The number of benzene rings is 1. The van der Waals surface area contributed by atoms with Gasteiger partial charge in [-0.25, -0.2) is 4.39 Å². The van der Waals surface area contributed by atoms with Gasteiger partial charge in [-0.3, -0.25) is 4.79 Å². The normalized spacial score (nSPS) is 14.4. The maximum absolute atomic E-state index is 13.7. The summed E-state index contributed by atoms with van der Waals surface area (Å²) in [7, 11) is 3.95. The largest absolute Gasteiger partial charge is 0.366 e. The number of likely N-dealkylation sites (N-methyl/N-ethyl adjacent to an activating group) is 1. The van der Waals surface area contributed by atoms with Crippen molar-refractivity contribution < 1.29 is 9.18 Å². The molecule has 0 heterocycles. The van der Waals surface area contributed by atoms with Crippen LogP contribution in [0.15, 0.2) is 18.2 Å². The van der Waals surface area contributed by atoms with E-state index in [0.29, 0.717) is 18.9 Å². The van der Waals surface area contributed by atoms with Crippen molar-refractivity contribution >= 4 is 5.91 Å². The van der Waals surface area contributed by atoms with Gasteiger partial charge in [-0.2, -0.15) is 0 Å². The number of hydrogen-bond acceptors (Lipinski definition) is 3. The Kier molecular flexibility index (Phi) is 5.44. The van der Waals surface area contributed by atoms with E-state index in [1.165, 1.54) is 12.1 Å². The summed E-state index contributed by atoms with van der Waals surface area (Å²) in [5, 5.41) is 0. The van der Waals surface area contributed by atoms with Crippen LogP contribution in [0.4, 0.5) is 4.39 Å². The van der Waals surface area contributed by atoms with Crippen LogP contribution in [0.5, 0.6) is 0 Å². The average molecular weight is 267 g/mol. The number of primary amides is 1. The van der Waals surface area contributed by atoms with Gasteiger partial charge in [-0.05, 0) is 44.1 Å². The summed E-state index contributed by atoms with van der Waals surface area (Å²) in [6.07, 6.45) is 0.704. The molecule has 106 valence electrons. The first kappa shape index (κ1) is 15.6. The summed E-state index contributed by atoms with van der Waals surface area (Å²) in [6, 6.07) is 4.79. The Hall–Kier alpha value is -1.46. The van der Waals surface area contributed by atoms with E-state index in [-0.39, 0.29) is 11.6 Å². The minimum Gasteiger partial charge on any atom is -0.366 e. The van der Waals surface area contributed by atoms with Gasteiger partial charge in [-0.1, -0.05) is 13.0 Å². The predicted octanol–water partition coefficient (Wildman–Crippen LogP) is 0.992. The number of halogens is 1. The van der Waals surface area contributed by atoms with Gasteiger partial charge in [0.2, 0.25) is 0 Å². The Labute approximate surface area is 113 Å². The lowest BCUT2D eigenvalue weighted by atomic mass is 9.92. The molecule has 0 aromatic heterocycles. The van der Waals surface area contributed by atoms with Gasteiger partial charge in [0.05, 0.1) is 5.56 Å². The van der Waals surface area contributed by atoms with Crippen LogP contribution in [0.2, 0.25) is 0 Å².